The molecule has 5 heteroatoms. The molecule has 2 aromatic rings. The van der Waals surface area contributed by atoms with Crippen molar-refractivity contribution in [2.45, 2.75) is 13.0 Å². The predicted octanol–water partition coefficient (Wildman–Crippen LogP) is 0.833. The number of benzene rings is 1. The third kappa shape index (κ3) is 2.69. The Morgan fingerprint density at radius 2 is 2.17 bits per heavy atom. The molecule has 1 aromatic carbocycles. The van der Waals surface area contributed by atoms with E-state index in [0.717, 1.165) is 10.9 Å². The lowest BCUT2D eigenvalue weighted by atomic mass is 10.1. The highest BCUT2D eigenvalue weighted by molar-refractivity contribution is 5.81. The van der Waals surface area contributed by atoms with Crippen molar-refractivity contribution >= 4 is 11.0 Å². The molecule has 0 aliphatic rings. The molecule has 0 saturated carbocycles. The highest BCUT2D eigenvalue weighted by Gasteiger charge is 2.07. The monoisotopic (exact) mass is 250 g/mol. The molecular formula is C13H14O5. The number of hydrogen-bond donors (Lipinski definition) is 2. The Balaban J connectivity index is 2.33. The smallest absolute Gasteiger partial charge is 0.336 e. The number of hydrogen-bond acceptors (Lipinski definition) is 5. The van der Waals surface area contributed by atoms with Crippen LogP contribution >= 0.6 is 0 Å². The quantitative estimate of drug-likeness (QED) is 0.786. The molecule has 0 spiro atoms. The SMILES string of the molecule is Cc1cc(OCC(O)CO)cc2oc(=O)ccc12. The molecule has 1 atom stereocenters. The van der Waals surface area contributed by atoms with Gasteiger partial charge in [-0.2, -0.15) is 0 Å². The minimum absolute atomic E-state index is 0.0154. The van der Waals surface area contributed by atoms with E-state index < -0.39 is 11.7 Å². The van der Waals surface area contributed by atoms with Crippen molar-refractivity contribution in [3.63, 3.8) is 0 Å². The third-order valence-corrected chi connectivity index (χ3v) is 2.57. The zero-order valence-corrected chi connectivity index (χ0v) is 9.92. The van der Waals surface area contributed by atoms with Crippen LogP contribution in [0.15, 0.2) is 33.5 Å². The zero-order valence-electron chi connectivity index (χ0n) is 9.92. The number of fused-ring (bicyclic) bond motifs is 1. The fourth-order valence-electron chi connectivity index (χ4n) is 1.65. The average molecular weight is 250 g/mol. The summed E-state index contributed by atoms with van der Waals surface area (Å²) in [5.41, 5.74) is 0.926. The van der Waals surface area contributed by atoms with Crippen molar-refractivity contribution in [1.29, 1.82) is 0 Å². The lowest BCUT2D eigenvalue weighted by Gasteiger charge is -2.11. The van der Waals surface area contributed by atoms with Gasteiger partial charge in [0.15, 0.2) is 0 Å². The van der Waals surface area contributed by atoms with E-state index in [9.17, 15) is 9.90 Å². The summed E-state index contributed by atoms with van der Waals surface area (Å²) in [6, 6.07) is 6.44. The Labute approximate surface area is 103 Å². The third-order valence-electron chi connectivity index (χ3n) is 2.57. The molecule has 0 amide bonds. The van der Waals surface area contributed by atoms with Gasteiger partial charge in [0.05, 0.1) is 6.61 Å². The minimum Gasteiger partial charge on any atom is -0.491 e. The van der Waals surface area contributed by atoms with Crippen LogP contribution < -0.4 is 10.4 Å². The van der Waals surface area contributed by atoms with Gasteiger partial charge in [0, 0.05) is 17.5 Å². The summed E-state index contributed by atoms with van der Waals surface area (Å²) in [5, 5.41) is 18.7. The molecule has 1 unspecified atom stereocenters. The van der Waals surface area contributed by atoms with Crippen LogP contribution in [0.3, 0.4) is 0 Å². The highest BCUT2D eigenvalue weighted by atomic mass is 16.5. The average Bonchev–Trinajstić information content (AvgIpc) is 2.35. The van der Waals surface area contributed by atoms with Crippen molar-refractivity contribution in [3.05, 3.63) is 40.2 Å². The molecule has 1 aromatic heterocycles. The summed E-state index contributed by atoms with van der Waals surface area (Å²) in [4.78, 5) is 11.1. The summed E-state index contributed by atoms with van der Waals surface area (Å²) in [6.45, 7) is 1.50. The van der Waals surface area contributed by atoms with Crippen molar-refractivity contribution < 1.29 is 19.4 Å². The molecule has 0 saturated heterocycles. The molecular weight excluding hydrogens is 236 g/mol. The van der Waals surface area contributed by atoms with Crippen molar-refractivity contribution in [2.75, 3.05) is 13.2 Å². The Bertz CT molecular complexity index is 602. The second-order valence-electron chi connectivity index (χ2n) is 4.05. The number of aryl methyl sites for hydroxylation is 1. The van der Waals surface area contributed by atoms with Crippen molar-refractivity contribution in [2.24, 2.45) is 0 Å². The maximum absolute atomic E-state index is 11.1. The first-order valence-electron chi connectivity index (χ1n) is 5.56. The summed E-state index contributed by atoms with van der Waals surface area (Å²) in [7, 11) is 0. The van der Waals surface area contributed by atoms with Gasteiger partial charge in [-0.05, 0) is 24.6 Å². The number of ether oxygens (including phenoxy) is 1. The fraction of sp³-hybridized carbons (Fsp3) is 0.308. The maximum Gasteiger partial charge on any atom is 0.336 e. The van der Waals surface area contributed by atoms with Crippen LogP contribution in [0.25, 0.3) is 11.0 Å². The van der Waals surface area contributed by atoms with Crippen LogP contribution in [-0.4, -0.2) is 29.5 Å². The van der Waals surface area contributed by atoms with Crippen LogP contribution in [0.2, 0.25) is 0 Å². The Morgan fingerprint density at radius 1 is 1.39 bits per heavy atom. The number of aliphatic hydroxyl groups is 2. The van der Waals surface area contributed by atoms with Gasteiger partial charge in [0.2, 0.25) is 0 Å². The first kappa shape index (κ1) is 12.6. The van der Waals surface area contributed by atoms with E-state index in [1.54, 1.807) is 18.2 Å². The van der Waals surface area contributed by atoms with Crippen LogP contribution in [0, 0.1) is 6.92 Å². The van der Waals surface area contributed by atoms with Gasteiger partial charge in [-0.3, -0.25) is 0 Å². The van der Waals surface area contributed by atoms with E-state index >= 15 is 0 Å². The van der Waals surface area contributed by atoms with Gasteiger partial charge in [0.25, 0.3) is 0 Å². The molecule has 0 fully saturated rings. The van der Waals surface area contributed by atoms with Crippen molar-refractivity contribution in [1.82, 2.24) is 0 Å². The van der Waals surface area contributed by atoms with Crippen LogP contribution in [0.4, 0.5) is 0 Å². The molecule has 0 radical (unpaired) electrons. The molecule has 0 aliphatic carbocycles. The molecule has 96 valence electrons. The number of aliphatic hydroxyl groups excluding tert-OH is 2. The van der Waals surface area contributed by atoms with Gasteiger partial charge in [-0.15, -0.1) is 0 Å². The first-order valence-corrected chi connectivity index (χ1v) is 5.56. The van der Waals surface area contributed by atoms with Crippen LogP contribution in [0.5, 0.6) is 5.75 Å². The molecule has 2 rings (SSSR count). The van der Waals surface area contributed by atoms with E-state index in [1.165, 1.54) is 6.07 Å². The summed E-state index contributed by atoms with van der Waals surface area (Å²) in [6.07, 6.45) is -0.927. The molecule has 0 bridgehead atoms. The van der Waals surface area contributed by atoms with E-state index in [2.05, 4.69) is 0 Å². The van der Waals surface area contributed by atoms with Crippen LogP contribution in [-0.2, 0) is 0 Å². The van der Waals surface area contributed by atoms with E-state index in [4.69, 9.17) is 14.3 Å². The van der Waals surface area contributed by atoms with Gasteiger partial charge in [-0.1, -0.05) is 0 Å². The fourth-order valence-corrected chi connectivity index (χ4v) is 1.65. The minimum atomic E-state index is -0.927. The van der Waals surface area contributed by atoms with Gasteiger partial charge >= 0.3 is 5.63 Å². The lowest BCUT2D eigenvalue weighted by molar-refractivity contribution is 0.0536. The zero-order chi connectivity index (χ0) is 13.1. The molecule has 5 nitrogen and oxygen atoms in total. The Hall–Kier alpha value is -1.85. The van der Waals surface area contributed by atoms with E-state index in [-0.39, 0.29) is 13.2 Å². The number of rotatable bonds is 4. The summed E-state index contributed by atoms with van der Waals surface area (Å²) < 4.78 is 10.4. The summed E-state index contributed by atoms with van der Waals surface area (Å²) >= 11 is 0. The predicted molar refractivity (Wildman–Crippen MR) is 65.8 cm³/mol. The van der Waals surface area contributed by atoms with E-state index in [1.807, 2.05) is 6.92 Å². The van der Waals surface area contributed by atoms with Crippen molar-refractivity contribution in [3.8, 4) is 5.75 Å². The topological polar surface area (TPSA) is 79.9 Å². The lowest BCUT2D eigenvalue weighted by Crippen LogP contribution is -2.21. The molecule has 2 N–H and O–H groups in total. The van der Waals surface area contributed by atoms with Gasteiger partial charge in [0.1, 0.15) is 24.0 Å². The Morgan fingerprint density at radius 3 is 2.89 bits per heavy atom. The normalized spacial score (nSPS) is 12.6. The maximum atomic E-state index is 11.1. The Kier molecular flexibility index (Phi) is 3.64. The van der Waals surface area contributed by atoms with E-state index in [0.29, 0.717) is 11.3 Å². The molecule has 1 heterocycles. The second kappa shape index (κ2) is 5.20. The molecule has 18 heavy (non-hydrogen) atoms. The second-order valence-corrected chi connectivity index (χ2v) is 4.05. The largest absolute Gasteiger partial charge is 0.491 e. The highest BCUT2D eigenvalue weighted by Crippen LogP contribution is 2.23. The summed E-state index contributed by atoms with van der Waals surface area (Å²) in [5.74, 6) is 0.488. The first-order chi connectivity index (χ1) is 8.60. The molecule has 0 aliphatic heterocycles. The van der Waals surface area contributed by atoms with Gasteiger partial charge < -0.3 is 19.4 Å². The van der Waals surface area contributed by atoms with Crippen LogP contribution in [0.1, 0.15) is 5.56 Å². The standard InChI is InChI=1S/C13H14O5/c1-8-4-10(17-7-9(15)6-14)5-12-11(8)2-3-13(16)18-12/h2-5,9,14-15H,6-7H2,1H3. The van der Waals surface area contributed by atoms with Gasteiger partial charge in [-0.25, -0.2) is 4.79 Å².